The number of hydrogen-bond donors (Lipinski definition) is 1. The molecule has 0 amide bonds. The molecule has 0 spiro atoms. The average molecular weight is 298 g/mol. The maximum Gasteiger partial charge on any atom is 0.252 e. The number of aromatic nitrogens is 7. The van der Waals surface area contributed by atoms with Crippen LogP contribution < -0.4 is 0 Å². The Labute approximate surface area is 127 Å². The maximum absolute atomic E-state index is 4.47. The number of piperidine rings is 1. The third kappa shape index (κ3) is 2.57. The number of aromatic amines is 1. The lowest BCUT2D eigenvalue weighted by Gasteiger charge is -2.30. The van der Waals surface area contributed by atoms with Crippen molar-refractivity contribution in [1.82, 2.24) is 39.7 Å². The SMILES string of the molecule is Cc1nc(C2CCCN(Cc3nc4ncccn4n3)C2)n[nH]1. The Kier molecular flexibility index (Phi) is 3.30. The van der Waals surface area contributed by atoms with Crippen LogP contribution >= 0.6 is 0 Å². The summed E-state index contributed by atoms with van der Waals surface area (Å²) in [7, 11) is 0. The average Bonchev–Trinajstić information content (AvgIpc) is 3.13. The summed E-state index contributed by atoms with van der Waals surface area (Å²) < 4.78 is 1.72. The largest absolute Gasteiger partial charge is 0.295 e. The lowest BCUT2D eigenvalue weighted by Crippen LogP contribution is -2.34. The summed E-state index contributed by atoms with van der Waals surface area (Å²) in [5.74, 6) is 3.64. The summed E-state index contributed by atoms with van der Waals surface area (Å²) in [6.07, 6.45) is 5.88. The first-order valence-electron chi connectivity index (χ1n) is 7.55. The zero-order valence-electron chi connectivity index (χ0n) is 12.5. The van der Waals surface area contributed by atoms with E-state index >= 15 is 0 Å². The van der Waals surface area contributed by atoms with Gasteiger partial charge in [-0.1, -0.05) is 0 Å². The maximum atomic E-state index is 4.47. The van der Waals surface area contributed by atoms with Gasteiger partial charge in [0.1, 0.15) is 5.82 Å². The molecule has 1 saturated heterocycles. The van der Waals surface area contributed by atoms with E-state index in [1.54, 1.807) is 10.7 Å². The van der Waals surface area contributed by atoms with Crippen LogP contribution in [0.1, 0.15) is 36.2 Å². The Bertz CT molecular complexity index is 743. The number of hydrogen-bond acceptors (Lipinski definition) is 6. The molecule has 0 radical (unpaired) electrons. The van der Waals surface area contributed by atoms with Gasteiger partial charge in [0.25, 0.3) is 5.78 Å². The quantitative estimate of drug-likeness (QED) is 0.774. The number of aryl methyl sites for hydroxylation is 1. The van der Waals surface area contributed by atoms with Gasteiger partial charge < -0.3 is 0 Å². The van der Waals surface area contributed by atoms with Gasteiger partial charge in [-0.15, -0.1) is 5.10 Å². The molecule has 8 heteroatoms. The highest BCUT2D eigenvalue weighted by Crippen LogP contribution is 2.25. The van der Waals surface area contributed by atoms with Gasteiger partial charge in [0.2, 0.25) is 0 Å². The summed E-state index contributed by atoms with van der Waals surface area (Å²) in [6, 6.07) is 1.86. The second-order valence-corrected chi connectivity index (χ2v) is 5.75. The third-order valence-electron chi connectivity index (χ3n) is 4.01. The number of fused-ring (bicyclic) bond motifs is 1. The molecule has 4 rings (SSSR count). The van der Waals surface area contributed by atoms with E-state index in [0.29, 0.717) is 11.7 Å². The standard InChI is InChI=1S/C14H18N8/c1-10-16-13(19-18-10)11-4-2-6-21(8-11)9-12-17-14-15-5-3-7-22(14)20-12/h3,5,7,11H,2,4,6,8-9H2,1H3,(H,16,18,19). The highest BCUT2D eigenvalue weighted by Gasteiger charge is 2.25. The molecule has 0 aliphatic carbocycles. The van der Waals surface area contributed by atoms with Gasteiger partial charge in [-0.2, -0.15) is 10.1 Å². The predicted octanol–water partition coefficient (Wildman–Crippen LogP) is 0.930. The van der Waals surface area contributed by atoms with Gasteiger partial charge in [0.15, 0.2) is 11.6 Å². The van der Waals surface area contributed by atoms with Crippen LogP contribution in [0.15, 0.2) is 18.5 Å². The van der Waals surface area contributed by atoms with Crippen molar-refractivity contribution in [3.8, 4) is 0 Å². The van der Waals surface area contributed by atoms with Crippen LogP contribution in [0.4, 0.5) is 0 Å². The molecular formula is C14H18N8. The topological polar surface area (TPSA) is 87.9 Å². The summed E-state index contributed by atoms with van der Waals surface area (Å²) in [5.41, 5.74) is 0. The van der Waals surface area contributed by atoms with Gasteiger partial charge in [0.05, 0.1) is 6.54 Å². The van der Waals surface area contributed by atoms with Gasteiger partial charge in [-0.3, -0.25) is 10.00 Å². The van der Waals surface area contributed by atoms with Gasteiger partial charge in [0, 0.05) is 24.9 Å². The molecule has 3 aromatic rings. The zero-order valence-corrected chi connectivity index (χ0v) is 12.5. The Morgan fingerprint density at radius 2 is 2.32 bits per heavy atom. The predicted molar refractivity (Wildman–Crippen MR) is 79.2 cm³/mol. The second-order valence-electron chi connectivity index (χ2n) is 5.75. The molecule has 0 aromatic carbocycles. The Balaban J connectivity index is 1.48. The number of nitrogens with one attached hydrogen (secondary N) is 1. The van der Waals surface area contributed by atoms with E-state index in [9.17, 15) is 0 Å². The number of rotatable bonds is 3. The van der Waals surface area contributed by atoms with E-state index in [1.165, 1.54) is 0 Å². The molecule has 0 bridgehead atoms. The van der Waals surface area contributed by atoms with E-state index < -0.39 is 0 Å². The lowest BCUT2D eigenvalue weighted by atomic mass is 9.97. The molecule has 1 fully saturated rings. The van der Waals surface area contributed by atoms with Crippen molar-refractivity contribution >= 4 is 5.78 Å². The van der Waals surface area contributed by atoms with Crippen LogP contribution in [0.5, 0.6) is 0 Å². The number of likely N-dealkylation sites (tertiary alicyclic amines) is 1. The first-order chi connectivity index (χ1) is 10.8. The molecule has 1 unspecified atom stereocenters. The minimum absolute atomic E-state index is 0.383. The van der Waals surface area contributed by atoms with Gasteiger partial charge in [-0.25, -0.2) is 14.5 Å². The molecule has 1 N–H and O–H groups in total. The molecule has 114 valence electrons. The fourth-order valence-electron chi connectivity index (χ4n) is 3.00. The van der Waals surface area contributed by atoms with Crippen molar-refractivity contribution in [3.05, 3.63) is 35.9 Å². The molecular weight excluding hydrogens is 280 g/mol. The Morgan fingerprint density at radius 3 is 3.14 bits per heavy atom. The summed E-state index contributed by atoms with van der Waals surface area (Å²) >= 11 is 0. The molecule has 1 aliphatic heterocycles. The number of nitrogens with zero attached hydrogens (tertiary/aromatic N) is 7. The van der Waals surface area contributed by atoms with Crippen molar-refractivity contribution in [2.24, 2.45) is 0 Å². The molecule has 8 nitrogen and oxygen atoms in total. The van der Waals surface area contributed by atoms with Crippen molar-refractivity contribution in [2.45, 2.75) is 32.2 Å². The van der Waals surface area contributed by atoms with Gasteiger partial charge in [-0.05, 0) is 32.4 Å². The highest BCUT2D eigenvalue weighted by molar-refractivity contribution is 5.24. The smallest absolute Gasteiger partial charge is 0.252 e. The van der Waals surface area contributed by atoms with Crippen LogP contribution in [0.2, 0.25) is 0 Å². The highest BCUT2D eigenvalue weighted by atomic mass is 15.3. The van der Waals surface area contributed by atoms with Crippen LogP contribution in [0.3, 0.4) is 0 Å². The monoisotopic (exact) mass is 298 g/mol. The summed E-state index contributed by atoms with van der Waals surface area (Å²) in [6.45, 7) is 4.68. The van der Waals surface area contributed by atoms with Gasteiger partial charge >= 0.3 is 0 Å². The van der Waals surface area contributed by atoms with E-state index in [0.717, 1.165) is 49.9 Å². The van der Waals surface area contributed by atoms with Crippen LogP contribution in [-0.2, 0) is 6.54 Å². The van der Waals surface area contributed by atoms with E-state index in [4.69, 9.17) is 0 Å². The molecule has 4 heterocycles. The van der Waals surface area contributed by atoms with Crippen molar-refractivity contribution in [1.29, 1.82) is 0 Å². The summed E-state index contributed by atoms with van der Waals surface area (Å²) in [4.78, 5) is 15.5. The van der Waals surface area contributed by atoms with E-state index in [2.05, 4.69) is 35.1 Å². The molecule has 0 saturated carbocycles. The zero-order chi connectivity index (χ0) is 14.9. The molecule has 1 aliphatic rings. The second kappa shape index (κ2) is 5.45. The Hall–Kier alpha value is -2.35. The molecule has 22 heavy (non-hydrogen) atoms. The fraction of sp³-hybridized carbons (Fsp3) is 0.500. The fourth-order valence-corrected chi connectivity index (χ4v) is 3.00. The summed E-state index contributed by atoms with van der Waals surface area (Å²) in [5, 5.41) is 11.7. The first kappa shape index (κ1) is 13.3. The van der Waals surface area contributed by atoms with Crippen LogP contribution in [-0.4, -0.2) is 52.8 Å². The minimum atomic E-state index is 0.383. The van der Waals surface area contributed by atoms with E-state index in [-0.39, 0.29) is 0 Å². The Morgan fingerprint density at radius 1 is 1.36 bits per heavy atom. The molecule has 3 aromatic heterocycles. The van der Waals surface area contributed by atoms with Crippen LogP contribution in [0.25, 0.3) is 5.78 Å². The molecule has 1 atom stereocenters. The minimum Gasteiger partial charge on any atom is -0.295 e. The van der Waals surface area contributed by atoms with Crippen molar-refractivity contribution in [2.75, 3.05) is 13.1 Å². The third-order valence-corrected chi connectivity index (χ3v) is 4.01. The first-order valence-corrected chi connectivity index (χ1v) is 7.55. The number of H-pyrrole nitrogens is 1. The van der Waals surface area contributed by atoms with Crippen molar-refractivity contribution in [3.63, 3.8) is 0 Å². The van der Waals surface area contributed by atoms with E-state index in [1.807, 2.05) is 19.2 Å². The lowest BCUT2D eigenvalue weighted by molar-refractivity contribution is 0.192. The van der Waals surface area contributed by atoms with Crippen molar-refractivity contribution < 1.29 is 0 Å². The van der Waals surface area contributed by atoms with Crippen LogP contribution in [0, 0.1) is 6.92 Å². The normalized spacial score (nSPS) is 19.8.